The van der Waals surface area contributed by atoms with E-state index in [9.17, 15) is 15.4 Å². The lowest BCUT2D eigenvalue weighted by Gasteiger charge is -2.24. The Labute approximate surface area is 290 Å². The summed E-state index contributed by atoms with van der Waals surface area (Å²) in [6.45, 7) is 2.79. The fraction of sp³-hybridized carbons (Fsp3) is 0.629. The standard InChI is InChI=1S/C35H50N7O6P/c1-2-3-4-5-6-7-8-9-10-11-12-13-20-44-23-29(47-33-21-28(22-36)17-19-39-33)24-45-49(43)46-26-35(25-37)18-16-32(48-35)30-14-15-31-34(38)40-27-41-42(30)31/h14-15,17,19,21,27,29,32,43H,2-13,16,18,20,23-24,26H2,1H3,(H2,38,40,41). The van der Waals surface area contributed by atoms with E-state index in [-0.39, 0.29) is 25.7 Å². The SMILES string of the molecule is CCCCCCCCCCCCCCOCC(COP(O)OCC1(C#N)CCC(c2ccc3c(N)ncnn23)O1)Oc1cc(C#N)ccn1. The van der Waals surface area contributed by atoms with Crippen LogP contribution in [0.25, 0.3) is 5.52 Å². The van der Waals surface area contributed by atoms with Crippen molar-refractivity contribution in [1.29, 1.82) is 10.5 Å². The number of unbranched alkanes of at least 4 members (excludes halogenated alkanes) is 11. The average molecular weight is 696 g/mol. The lowest BCUT2D eigenvalue weighted by Crippen LogP contribution is -2.32. The first-order valence-corrected chi connectivity index (χ1v) is 18.6. The Balaban J connectivity index is 1.18. The van der Waals surface area contributed by atoms with Gasteiger partial charge in [0.15, 0.2) is 11.4 Å². The Kier molecular flexibility index (Phi) is 16.4. The number of pyridine rings is 1. The normalized spacial score (nSPS) is 18.7. The largest absolute Gasteiger partial charge is 0.469 e. The highest BCUT2D eigenvalue weighted by atomic mass is 31.2. The lowest BCUT2D eigenvalue weighted by molar-refractivity contribution is -0.0378. The quantitative estimate of drug-likeness (QED) is 0.0716. The second-order valence-corrected chi connectivity index (χ2v) is 13.4. The van der Waals surface area contributed by atoms with Crippen LogP contribution in [0.3, 0.4) is 0 Å². The molecule has 4 atom stereocenters. The average Bonchev–Trinajstić information content (AvgIpc) is 3.75. The van der Waals surface area contributed by atoms with Crippen LogP contribution >= 0.6 is 8.60 Å². The summed E-state index contributed by atoms with van der Waals surface area (Å²) < 4.78 is 30.9. The van der Waals surface area contributed by atoms with E-state index in [4.69, 9.17) is 29.0 Å². The maximum Gasteiger partial charge on any atom is 0.330 e. The van der Waals surface area contributed by atoms with Crippen molar-refractivity contribution in [1.82, 2.24) is 19.6 Å². The van der Waals surface area contributed by atoms with Gasteiger partial charge in [-0.1, -0.05) is 77.6 Å². The van der Waals surface area contributed by atoms with Crippen molar-refractivity contribution in [2.75, 3.05) is 32.2 Å². The molecule has 0 saturated carbocycles. The van der Waals surface area contributed by atoms with E-state index >= 15 is 0 Å². The fourth-order valence-corrected chi connectivity index (χ4v) is 6.52. The minimum Gasteiger partial charge on any atom is -0.469 e. The zero-order chi connectivity index (χ0) is 34.7. The Morgan fingerprint density at radius 2 is 1.76 bits per heavy atom. The smallest absolute Gasteiger partial charge is 0.330 e. The first kappa shape index (κ1) is 38.4. The summed E-state index contributed by atoms with van der Waals surface area (Å²) in [6, 6.07) is 11.1. The predicted molar refractivity (Wildman–Crippen MR) is 185 cm³/mol. The molecule has 3 aromatic rings. The molecule has 4 rings (SSSR count). The Bertz CT molecular complexity index is 1500. The molecule has 13 nitrogen and oxygen atoms in total. The molecule has 1 fully saturated rings. The van der Waals surface area contributed by atoms with Gasteiger partial charge in [0.2, 0.25) is 5.88 Å². The molecule has 0 bridgehead atoms. The molecule has 3 N–H and O–H groups in total. The van der Waals surface area contributed by atoms with E-state index in [1.54, 1.807) is 10.6 Å². The van der Waals surface area contributed by atoms with Gasteiger partial charge in [0.25, 0.3) is 0 Å². The van der Waals surface area contributed by atoms with Gasteiger partial charge in [-0.2, -0.15) is 15.6 Å². The number of nitriles is 2. The molecule has 3 aromatic heterocycles. The van der Waals surface area contributed by atoms with Gasteiger partial charge in [-0.15, -0.1) is 0 Å². The van der Waals surface area contributed by atoms with Crippen LogP contribution in [0.1, 0.15) is 114 Å². The van der Waals surface area contributed by atoms with Gasteiger partial charge in [-0.25, -0.2) is 14.5 Å². The van der Waals surface area contributed by atoms with Crippen LogP contribution in [0.5, 0.6) is 5.88 Å². The minimum atomic E-state index is -2.36. The number of hydrogen-bond donors (Lipinski definition) is 2. The Morgan fingerprint density at radius 1 is 1.02 bits per heavy atom. The molecule has 1 aliphatic heterocycles. The van der Waals surface area contributed by atoms with Gasteiger partial charge in [0, 0.05) is 18.9 Å². The number of hydrogen-bond acceptors (Lipinski definition) is 12. The maximum absolute atomic E-state index is 10.6. The van der Waals surface area contributed by atoms with E-state index in [0.717, 1.165) is 18.5 Å². The number of fused-ring (bicyclic) bond motifs is 1. The molecule has 4 heterocycles. The number of nitrogens with zero attached hydrogens (tertiary/aromatic N) is 6. The molecule has 1 aliphatic rings. The number of anilines is 1. The summed E-state index contributed by atoms with van der Waals surface area (Å²) in [5, 5.41) is 23.5. The van der Waals surface area contributed by atoms with Gasteiger partial charge < -0.3 is 33.9 Å². The highest BCUT2D eigenvalue weighted by Crippen LogP contribution is 2.43. The highest BCUT2D eigenvalue weighted by Gasteiger charge is 2.43. The van der Waals surface area contributed by atoms with Gasteiger partial charge >= 0.3 is 8.60 Å². The van der Waals surface area contributed by atoms with Crippen molar-refractivity contribution in [3.8, 4) is 18.0 Å². The zero-order valence-corrected chi connectivity index (χ0v) is 29.4. The Hall–Kier alpha value is -3.42. The molecule has 0 radical (unpaired) electrons. The van der Waals surface area contributed by atoms with Crippen LogP contribution in [0.2, 0.25) is 0 Å². The molecule has 0 spiro atoms. The first-order valence-electron chi connectivity index (χ1n) is 17.5. The third kappa shape index (κ3) is 12.4. The monoisotopic (exact) mass is 695 g/mol. The molecule has 4 unspecified atom stereocenters. The van der Waals surface area contributed by atoms with E-state index in [2.05, 4.69) is 34.1 Å². The summed E-state index contributed by atoms with van der Waals surface area (Å²) in [5.41, 5.74) is 6.51. The van der Waals surface area contributed by atoms with Crippen LogP contribution in [0, 0.1) is 22.7 Å². The van der Waals surface area contributed by atoms with E-state index in [1.807, 2.05) is 12.1 Å². The highest BCUT2D eigenvalue weighted by molar-refractivity contribution is 7.40. The third-order valence-corrected chi connectivity index (χ3v) is 9.32. The summed E-state index contributed by atoms with van der Waals surface area (Å²) in [4.78, 5) is 18.8. The summed E-state index contributed by atoms with van der Waals surface area (Å²) in [6.07, 6.45) is 18.0. The summed E-state index contributed by atoms with van der Waals surface area (Å²) in [7, 11) is -2.36. The number of ether oxygens (including phenoxy) is 3. The molecule has 0 aliphatic carbocycles. The van der Waals surface area contributed by atoms with Crippen LogP contribution < -0.4 is 10.5 Å². The van der Waals surface area contributed by atoms with Crippen molar-refractivity contribution in [3.63, 3.8) is 0 Å². The van der Waals surface area contributed by atoms with Crippen molar-refractivity contribution < 1.29 is 28.2 Å². The van der Waals surface area contributed by atoms with Crippen LogP contribution in [0.4, 0.5) is 5.82 Å². The van der Waals surface area contributed by atoms with Gasteiger partial charge in [0.1, 0.15) is 30.1 Å². The molecule has 0 amide bonds. The van der Waals surface area contributed by atoms with E-state index in [1.165, 1.54) is 82.8 Å². The molecule has 14 heteroatoms. The molecule has 1 saturated heterocycles. The number of rotatable bonds is 24. The molecular weight excluding hydrogens is 645 g/mol. The van der Waals surface area contributed by atoms with Gasteiger partial charge in [-0.05, 0) is 37.5 Å². The number of aromatic nitrogens is 4. The molecule has 0 aromatic carbocycles. The minimum absolute atomic E-state index is 0.0561. The second kappa shape index (κ2) is 20.9. The van der Waals surface area contributed by atoms with E-state index in [0.29, 0.717) is 36.3 Å². The number of nitrogen functional groups attached to an aromatic ring is 1. The van der Waals surface area contributed by atoms with Crippen LogP contribution in [-0.4, -0.2) is 62.6 Å². The summed E-state index contributed by atoms with van der Waals surface area (Å²) in [5.74, 6) is 0.603. The fourth-order valence-electron chi connectivity index (χ4n) is 5.83. The molecule has 49 heavy (non-hydrogen) atoms. The maximum atomic E-state index is 10.6. The molecular formula is C35H50N7O6P. The first-order chi connectivity index (χ1) is 24.0. The van der Waals surface area contributed by atoms with Crippen molar-refractivity contribution in [2.45, 2.75) is 115 Å². The van der Waals surface area contributed by atoms with Crippen LogP contribution in [0.15, 0.2) is 36.8 Å². The topological polar surface area (TPSA) is 183 Å². The summed E-state index contributed by atoms with van der Waals surface area (Å²) >= 11 is 0. The van der Waals surface area contributed by atoms with Gasteiger partial charge in [-0.3, -0.25) is 0 Å². The predicted octanol–water partition coefficient (Wildman–Crippen LogP) is 7.11. The van der Waals surface area contributed by atoms with Crippen molar-refractivity contribution in [3.05, 3.63) is 48.0 Å². The molecule has 266 valence electrons. The zero-order valence-electron chi connectivity index (χ0n) is 28.5. The van der Waals surface area contributed by atoms with E-state index < -0.39 is 26.4 Å². The van der Waals surface area contributed by atoms with Crippen molar-refractivity contribution in [2.24, 2.45) is 0 Å². The Morgan fingerprint density at radius 3 is 2.47 bits per heavy atom. The van der Waals surface area contributed by atoms with Gasteiger partial charge in [0.05, 0.1) is 37.1 Å². The lowest BCUT2D eigenvalue weighted by atomic mass is 10.0. The third-order valence-electron chi connectivity index (χ3n) is 8.60. The van der Waals surface area contributed by atoms with Crippen LogP contribution in [-0.2, 0) is 18.5 Å². The van der Waals surface area contributed by atoms with Crippen molar-refractivity contribution >= 4 is 19.9 Å². The number of nitrogens with two attached hydrogens (primary N) is 1. The second-order valence-electron chi connectivity index (χ2n) is 12.5.